The molecule has 1 aromatic carbocycles. The zero-order chi connectivity index (χ0) is 24.8. The molecule has 9 nitrogen and oxygen atoms in total. The number of aromatic nitrogens is 2. The molecule has 2 aliphatic rings. The zero-order valence-corrected chi connectivity index (χ0v) is 21.7. The van der Waals surface area contributed by atoms with E-state index in [4.69, 9.17) is 19.4 Å². The molecular weight excluding hydrogens is 444 g/mol. The number of amides is 1. The first-order valence-corrected chi connectivity index (χ1v) is 12.9. The molecule has 2 aliphatic heterocycles. The summed E-state index contributed by atoms with van der Waals surface area (Å²) in [6, 6.07) is 4.18. The summed E-state index contributed by atoms with van der Waals surface area (Å²) in [4.78, 5) is 28.3. The Morgan fingerprint density at radius 2 is 1.89 bits per heavy atom. The number of hydrogen-bond acceptors (Lipinski definition) is 8. The number of piperidine rings is 1. The lowest BCUT2D eigenvalue weighted by molar-refractivity contribution is -0.118. The zero-order valence-electron chi connectivity index (χ0n) is 21.7. The average molecular weight is 485 g/mol. The molecule has 9 heteroatoms. The van der Waals surface area contributed by atoms with Crippen LogP contribution < -0.4 is 19.7 Å². The van der Waals surface area contributed by atoms with Gasteiger partial charge >= 0.3 is 0 Å². The molecule has 3 heterocycles. The SMILES string of the molecule is CCC(=O)N(C)c1nc(NC2CCN(C)CC2)c2cc(OC)c(OCCCN3CCCC3)cc2n1. The number of nitrogens with one attached hydrogen (secondary N) is 1. The van der Waals surface area contributed by atoms with Gasteiger partial charge < -0.3 is 24.6 Å². The van der Waals surface area contributed by atoms with Crippen LogP contribution in [0.1, 0.15) is 45.4 Å². The third kappa shape index (κ3) is 6.32. The minimum absolute atomic E-state index is 0.0264. The van der Waals surface area contributed by atoms with Gasteiger partial charge in [-0.25, -0.2) is 4.98 Å². The molecular formula is C26H40N6O3. The molecule has 1 amide bonds. The van der Waals surface area contributed by atoms with Gasteiger partial charge in [-0.2, -0.15) is 4.98 Å². The van der Waals surface area contributed by atoms with Crippen LogP contribution in [0.5, 0.6) is 11.5 Å². The largest absolute Gasteiger partial charge is 0.493 e. The normalized spacial score (nSPS) is 17.6. The van der Waals surface area contributed by atoms with E-state index in [1.807, 2.05) is 19.1 Å². The van der Waals surface area contributed by atoms with Crippen molar-refractivity contribution in [1.82, 2.24) is 19.8 Å². The number of hydrogen-bond donors (Lipinski definition) is 1. The highest BCUT2D eigenvalue weighted by Crippen LogP contribution is 2.36. The second-order valence-corrected chi connectivity index (χ2v) is 9.67. The molecule has 4 rings (SSSR count). The minimum atomic E-state index is -0.0264. The van der Waals surface area contributed by atoms with Crippen LogP contribution in [0.4, 0.5) is 11.8 Å². The number of methoxy groups -OCH3 is 1. The molecule has 2 fully saturated rings. The number of ether oxygens (including phenoxy) is 2. The highest BCUT2D eigenvalue weighted by molar-refractivity contribution is 5.96. The first-order chi connectivity index (χ1) is 17.0. The van der Waals surface area contributed by atoms with Crippen molar-refractivity contribution in [2.24, 2.45) is 0 Å². The number of rotatable bonds is 10. The Bertz CT molecular complexity index is 1000. The molecule has 0 radical (unpaired) electrons. The van der Waals surface area contributed by atoms with Crippen LogP contribution >= 0.6 is 0 Å². The van der Waals surface area contributed by atoms with E-state index in [0.717, 1.165) is 55.6 Å². The van der Waals surface area contributed by atoms with E-state index < -0.39 is 0 Å². The fourth-order valence-electron chi connectivity index (χ4n) is 4.83. The van der Waals surface area contributed by atoms with Gasteiger partial charge in [0.15, 0.2) is 11.5 Å². The van der Waals surface area contributed by atoms with Crippen molar-refractivity contribution in [2.75, 3.05) is 70.8 Å². The van der Waals surface area contributed by atoms with E-state index in [-0.39, 0.29) is 5.91 Å². The lowest BCUT2D eigenvalue weighted by atomic mass is 10.1. The third-order valence-corrected chi connectivity index (χ3v) is 7.08. The van der Waals surface area contributed by atoms with E-state index in [0.29, 0.717) is 36.5 Å². The Morgan fingerprint density at radius 3 is 2.57 bits per heavy atom. The molecule has 0 bridgehead atoms. The summed E-state index contributed by atoms with van der Waals surface area (Å²) in [7, 11) is 5.54. The molecule has 192 valence electrons. The van der Waals surface area contributed by atoms with Crippen LogP contribution in [0.15, 0.2) is 12.1 Å². The maximum Gasteiger partial charge on any atom is 0.234 e. The van der Waals surface area contributed by atoms with Gasteiger partial charge in [0.2, 0.25) is 11.9 Å². The predicted molar refractivity (Wildman–Crippen MR) is 140 cm³/mol. The van der Waals surface area contributed by atoms with Crippen molar-refractivity contribution in [3.8, 4) is 11.5 Å². The second-order valence-electron chi connectivity index (χ2n) is 9.67. The summed E-state index contributed by atoms with van der Waals surface area (Å²) in [5.74, 6) is 2.43. The molecule has 0 aliphatic carbocycles. The molecule has 0 spiro atoms. The number of carbonyl (C=O) groups is 1. The van der Waals surface area contributed by atoms with Crippen LogP contribution in [0.25, 0.3) is 10.9 Å². The summed E-state index contributed by atoms with van der Waals surface area (Å²) in [5, 5.41) is 4.50. The summed E-state index contributed by atoms with van der Waals surface area (Å²) >= 11 is 0. The van der Waals surface area contributed by atoms with Crippen molar-refractivity contribution in [2.45, 2.75) is 51.5 Å². The van der Waals surface area contributed by atoms with Gasteiger partial charge in [-0.3, -0.25) is 9.69 Å². The highest BCUT2D eigenvalue weighted by Gasteiger charge is 2.22. The Balaban J connectivity index is 1.60. The van der Waals surface area contributed by atoms with Gasteiger partial charge in [0.05, 0.1) is 19.2 Å². The molecule has 1 aromatic heterocycles. The lowest BCUT2D eigenvalue weighted by Gasteiger charge is -2.30. The Labute approximate surface area is 208 Å². The Kier molecular flexibility index (Phi) is 8.62. The van der Waals surface area contributed by atoms with Crippen molar-refractivity contribution < 1.29 is 14.3 Å². The van der Waals surface area contributed by atoms with E-state index in [2.05, 4.69) is 22.2 Å². The van der Waals surface area contributed by atoms with Crippen molar-refractivity contribution >= 4 is 28.6 Å². The number of likely N-dealkylation sites (tertiary alicyclic amines) is 2. The second kappa shape index (κ2) is 11.9. The predicted octanol–water partition coefficient (Wildman–Crippen LogP) is 3.38. The van der Waals surface area contributed by atoms with Gasteiger partial charge in [0, 0.05) is 37.5 Å². The summed E-state index contributed by atoms with van der Waals surface area (Å²) in [6.07, 6.45) is 6.03. The molecule has 2 saturated heterocycles. The smallest absolute Gasteiger partial charge is 0.234 e. The van der Waals surface area contributed by atoms with Gasteiger partial charge in [0.25, 0.3) is 0 Å². The first kappa shape index (κ1) is 25.4. The van der Waals surface area contributed by atoms with Gasteiger partial charge in [-0.15, -0.1) is 0 Å². The van der Waals surface area contributed by atoms with E-state index in [1.165, 1.54) is 30.8 Å². The summed E-state index contributed by atoms with van der Waals surface area (Å²) in [5.41, 5.74) is 0.733. The van der Waals surface area contributed by atoms with Crippen molar-refractivity contribution in [1.29, 1.82) is 0 Å². The minimum Gasteiger partial charge on any atom is -0.493 e. The summed E-state index contributed by atoms with van der Waals surface area (Å²) < 4.78 is 11.8. The van der Waals surface area contributed by atoms with Crippen LogP contribution in [-0.2, 0) is 4.79 Å². The molecule has 0 atom stereocenters. The number of fused-ring (bicyclic) bond motifs is 1. The van der Waals surface area contributed by atoms with Gasteiger partial charge in [-0.05, 0) is 71.4 Å². The van der Waals surface area contributed by atoms with Crippen molar-refractivity contribution in [3.63, 3.8) is 0 Å². The fraction of sp³-hybridized carbons (Fsp3) is 0.654. The molecule has 2 aromatic rings. The molecule has 0 saturated carbocycles. The van der Waals surface area contributed by atoms with Crippen LogP contribution in [0, 0.1) is 0 Å². The fourth-order valence-corrected chi connectivity index (χ4v) is 4.83. The number of nitrogens with zero attached hydrogens (tertiary/aromatic N) is 5. The van der Waals surface area contributed by atoms with E-state index in [1.54, 1.807) is 14.2 Å². The quantitative estimate of drug-likeness (QED) is 0.514. The monoisotopic (exact) mass is 484 g/mol. The maximum atomic E-state index is 12.4. The molecule has 1 N–H and O–H groups in total. The first-order valence-electron chi connectivity index (χ1n) is 12.9. The summed E-state index contributed by atoms with van der Waals surface area (Å²) in [6.45, 7) is 7.98. The standard InChI is InChI=1S/C26H40N6O3/c1-5-24(33)31(3)26-28-21-18-23(35-16-8-13-32-11-6-7-12-32)22(34-4)17-20(21)25(29-26)27-19-9-14-30(2)15-10-19/h17-19H,5-16H2,1-4H3,(H,27,28,29). The van der Waals surface area contributed by atoms with Gasteiger partial charge in [0.1, 0.15) is 5.82 Å². The Morgan fingerprint density at radius 1 is 1.14 bits per heavy atom. The van der Waals surface area contributed by atoms with E-state index >= 15 is 0 Å². The maximum absolute atomic E-state index is 12.4. The Hall–Kier alpha value is -2.65. The third-order valence-electron chi connectivity index (χ3n) is 7.08. The highest BCUT2D eigenvalue weighted by atomic mass is 16.5. The number of carbonyl (C=O) groups excluding carboxylic acids is 1. The van der Waals surface area contributed by atoms with Crippen molar-refractivity contribution in [3.05, 3.63) is 12.1 Å². The van der Waals surface area contributed by atoms with E-state index in [9.17, 15) is 4.79 Å². The number of benzene rings is 1. The van der Waals surface area contributed by atoms with Crippen LogP contribution in [-0.4, -0.2) is 92.3 Å². The topological polar surface area (TPSA) is 83.1 Å². The number of anilines is 2. The van der Waals surface area contributed by atoms with Crippen LogP contribution in [0.2, 0.25) is 0 Å². The lowest BCUT2D eigenvalue weighted by Crippen LogP contribution is -2.37. The van der Waals surface area contributed by atoms with Gasteiger partial charge in [-0.1, -0.05) is 6.92 Å². The average Bonchev–Trinajstić information content (AvgIpc) is 3.40. The molecule has 0 unspecified atom stereocenters. The van der Waals surface area contributed by atoms with Crippen LogP contribution in [0.3, 0.4) is 0 Å². The molecule has 35 heavy (non-hydrogen) atoms.